The standard InChI is InChI=1S/C20H24N2O3/c23-19(14-7-8-15(10-14)20(24)25)22-9-3-5-16(12-22)18-11-13-4-1-2-6-17(13)21-18/h1-2,4,6,11,14-16,21H,3,5,7-10,12H2,(H,24,25). The first kappa shape index (κ1) is 16.2. The highest BCUT2D eigenvalue weighted by Gasteiger charge is 2.37. The van der Waals surface area contributed by atoms with Gasteiger partial charge in [-0.3, -0.25) is 9.59 Å². The molecule has 1 aromatic carbocycles. The maximum atomic E-state index is 12.8. The van der Waals surface area contributed by atoms with Crippen LogP contribution in [-0.4, -0.2) is 40.0 Å². The molecule has 1 aromatic heterocycles. The summed E-state index contributed by atoms with van der Waals surface area (Å²) in [6.07, 6.45) is 3.93. The minimum Gasteiger partial charge on any atom is -0.481 e. The van der Waals surface area contributed by atoms with Crippen molar-refractivity contribution in [3.8, 4) is 0 Å². The normalized spacial score (nSPS) is 26.9. The smallest absolute Gasteiger partial charge is 0.306 e. The summed E-state index contributed by atoms with van der Waals surface area (Å²) in [6.45, 7) is 1.53. The summed E-state index contributed by atoms with van der Waals surface area (Å²) >= 11 is 0. The molecule has 1 aliphatic heterocycles. The number of carbonyl (C=O) groups excluding carboxylic acids is 1. The van der Waals surface area contributed by atoms with Crippen LogP contribution in [0.4, 0.5) is 0 Å². The number of H-pyrrole nitrogens is 1. The summed E-state index contributed by atoms with van der Waals surface area (Å²) in [6, 6.07) is 10.4. The Kier molecular flexibility index (Phi) is 4.24. The van der Waals surface area contributed by atoms with Crippen molar-refractivity contribution in [3.63, 3.8) is 0 Å². The predicted octanol–water partition coefficient (Wildman–Crippen LogP) is 3.37. The third-order valence-corrected chi connectivity index (χ3v) is 5.85. The molecule has 1 amide bonds. The lowest BCUT2D eigenvalue weighted by atomic mass is 9.93. The van der Waals surface area contributed by atoms with Crippen LogP contribution in [0.5, 0.6) is 0 Å². The number of hydrogen-bond acceptors (Lipinski definition) is 2. The van der Waals surface area contributed by atoms with Crippen LogP contribution in [0.1, 0.15) is 43.7 Å². The summed E-state index contributed by atoms with van der Waals surface area (Å²) in [5.41, 5.74) is 2.34. The Labute approximate surface area is 147 Å². The van der Waals surface area contributed by atoms with E-state index in [-0.39, 0.29) is 17.7 Å². The molecule has 0 spiro atoms. The minimum absolute atomic E-state index is 0.109. The number of carboxylic acids is 1. The van der Waals surface area contributed by atoms with Crippen LogP contribution in [-0.2, 0) is 9.59 Å². The van der Waals surface area contributed by atoms with Gasteiger partial charge in [0.05, 0.1) is 5.92 Å². The van der Waals surface area contributed by atoms with Gasteiger partial charge in [0.25, 0.3) is 0 Å². The zero-order valence-electron chi connectivity index (χ0n) is 14.3. The number of carbonyl (C=O) groups is 2. The van der Waals surface area contributed by atoms with E-state index in [9.17, 15) is 9.59 Å². The highest BCUT2D eigenvalue weighted by molar-refractivity contribution is 5.82. The second-order valence-electron chi connectivity index (χ2n) is 7.48. The van der Waals surface area contributed by atoms with Crippen molar-refractivity contribution in [2.45, 2.75) is 38.0 Å². The Balaban J connectivity index is 1.45. The maximum absolute atomic E-state index is 12.8. The molecule has 1 saturated carbocycles. The monoisotopic (exact) mass is 340 g/mol. The van der Waals surface area contributed by atoms with Crippen LogP contribution in [0.25, 0.3) is 10.9 Å². The third kappa shape index (κ3) is 3.15. The Hall–Kier alpha value is -2.30. The number of rotatable bonds is 3. The van der Waals surface area contributed by atoms with E-state index in [1.54, 1.807) is 0 Å². The van der Waals surface area contributed by atoms with E-state index in [2.05, 4.69) is 23.2 Å². The Morgan fingerprint density at radius 1 is 1.12 bits per heavy atom. The quantitative estimate of drug-likeness (QED) is 0.899. The van der Waals surface area contributed by atoms with Crippen LogP contribution < -0.4 is 0 Å². The molecule has 132 valence electrons. The van der Waals surface area contributed by atoms with Gasteiger partial charge in [0.2, 0.25) is 5.91 Å². The molecule has 2 N–H and O–H groups in total. The molecule has 3 atom stereocenters. The zero-order valence-corrected chi connectivity index (χ0v) is 14.3. The summed E-state index contributed by atoms with van der Waals surface area (Å²) in [4.78, 5) is 29.4. The molecular formula is C20H24N2O3. The van der Waals surface area contributed by atoms with E-state index in [1.807, 2.05) is 17.0 Å². The molecule has 0 radical (unpaired) electrons. The van der Waals surface area contributed by atoms with Crippen molar-refractivity contribution in [2.24, 2.45) is 11.8 Å². The first-order valence-electron chi connectivity index (χ1n) is 9.21. The predicted molar refractivity (Wildman–Crippen MR) is 95.3 cm³/mol. The van der Waals surface area contributed by atoms with E-state index in [4.69, 9.17) is 5.11 Å². The molecule has 25 heavy (non-hydrogen) atoms. The Bertz CT molecular complexity index is 764. The van der Waals surface area contributed by atoms with Crippen LogP contribution in [0.15, 0.2) is 30.3 Å². The molecule has 2 aromatic rings. The Morgan fingerprint density at radius 2 is 1.92 bits per heavy atom. The van der Waals surface area contributed by atoms with Gasteiger partial charge in [0.1, 0.15) is 0 Å². The minimum atomic E-state index is -0.759. The molecule has 5 nitrogen and oxygen atoms in total. The van der Waals surface area contributed by atoms with Gasteiger partial charge >= 0.3 is 5.97 Å². The second kappa shape index (κ2) is 6.54. The van der Waals surface area contributed by atoms with Crippen LogP contribution in [0.2, 0.25) is 0 Å². The van der Waals surface area contributed by atoms with Crippen molar-refractivity contribution in [3.05, 3.63) is 36.0 Å². The van der Waals surface area contributed by atoms with Gasteiger partial charge in [-0.2, -0.15) is 0 Å². The fourth-order valence-corrected chi connectivity index (χ4v) is 4.44. The number of carboxylic acid groups (broad SMARTS) is 1. The zero-order chi connectivity index (χ0) is 17.4. The van der Waals surface area contributed by atoms with Crippen LogP contribution >= 0.6 is 0 Å². The van der Waals surface area contributed by atoms with Gasteiger partial charge in [-0.1, -0.05) is 18.2 Å². The summed E-state index contributed by atoms with van der Waals surface area (Å²) < 4.78 is 0. The summed E-state index contributed by atoms with van der Waals surface area (Å²) in [5, 5.41) is 10.4. The van der Waals surface area contributed by atoms with Gasteiger partial charge in [-0.15, -0.1) is 0 Å². The first-order chi connectivity index (χ1) is 12.1. The van der Waals surface area contributed by atoms with Crippen molar-refractivity contribution >= 4 is 22.8 Å². The number of aromatic nitrogens is 1. The molecule has 1 saturated heterocycles. The van der Waals surface area contributed by atoms with Crippen molar-refractivity contribution in [1.29, 1.82) is 0 Å². The number of fused-ring (bicyclic) bond motifs is 1. The SMILES string of the molecule is O=C(O)C1CCC(C(=O)N2CCCC(c3cc4ccccc4[nH]3)C2)C1. The lowest BCUT2D eigenvalue weighted by Gasteiger charge is -2.34. The summed E-state index contributed by atoms with van der Waals surface area (Å²) in [5.74, 6) is -0.720. The third-order valence-electron chi connectivity index (χ3n) is 5.85. The number of piperidine rings is 1. The lowest BCUT2D eigenvalue weighted by Crippen LogP contribution is -2.42. The molecule has 1 aliphatic carbocycles. The average Bonchev–Trinajstić information content (AvgIpc) is 3.28. The highest BCUT2D eigenvalue weighted by Crippen LogP contribution is 2.35. The van der Waals surface area contributed by atoms with Gasteiger partial charge in [0.15, 0.2) is 0 Å². The van der Waals surface area contributed by atoms with Gasteiger partial charge in [0, 0.05) is 36.1 Å². The van der Waals surface area contributed by atoms with E-state index in [0.29, 0.717) is 25.2 Å². The first-order valence-corrected chi connectivity index (χ1v) is 9.21. The molecule has 2 fully saturated rings. The van der Waals surface area contributed by atoms with Gasteiger partial charge in [-0.25, -0.2) is 0 Å². The number of likely N-dealkylation sites (tertiary alicyclic amines) is 1. The molecule has 2 aliphatic rings. The number of hydrogen-bond donors (Lipinski definition) is 2. The second-order valence-corrected chi connectivity index (χ2v) is 7.48. The van der Waals surface area contributed by atoms with Crippen molar-refractivity contribution in [1.82, 2.24) is 9.88 Å². The molecule has 5 heteroatoms. The van der Waals surface area contributed by atoms with E-state index < -0.39 is 5.97 Å². The molecule has 2 heterocycles. The largest absolute Gasteiger partial charge is 0.481 e. The molecule has 0 bridgehead atoms. The number of amides is 1. The topological polar surface area (TPSA) is 73.4 Å². The summed E-state index contributed by atoms with van der Waals surface area (Å²) in [7, 11) is 0. The van der Waals surface area contributed by atoms with E-state index in [0.717, 1.165) is 31.4 Å². The van der Waals surface area contributed by atoms with Gasteiger partial charge < -0.3 is 15.0 Å². The van der Waals surface area contributed by atoms with E-state index >= 15 is 0 Å². The lowest BCUT2D eigenvalue weighted by molar-refractivity contribution is -0.141. The Morgan fingerprint density at radius 3 is 2.68 bits per heavy atom. The fourth-order valence-electron chi connectivity index (χ4n) is 4.44. The number of benzene rings is 1. The van der Waals surface area contributed by atoms with E-state index in [1.165, 1.54) is 11.1 Å². The highest BCUT2D eigenvalue weighted by atomic mass is 16.4. The van der Waals surface area contributed by atoms with Crippen molar-refractivity contribution < 1.29 is 14.7 Å². The number of nitrogens with one attached hydrogen (secondary N) is 1. The number of para-hydroxylation sites is 1. The van der Waals surface area contributed by atoms with Crippen LogP contribution in [0.3, 0.4) is 0 Å². The van der Waals surface area contributed by atoms with Crippen molar-refractivity contribution in [2.75, 3.05) is 13.1 Å². The molecule has 3 unspecified atom stereocenters. The fraction of sp³-hybridized carbons (Fsp3) is 0.500. The average molecular weight is 340 g/mol. The molecule has 4 rings (SSSR count). The number of aromatic amines is 1. The number of aliphatic carboxylic acids is 1. The maximum Gasteiger partial charge on any atom is 0.306 e. The van der Waals surface area contributed by atoms with Crippen LogP contribution in [0, 0.1) is 11.8 Å². The molecular weight excluding hydrogens is 316 g/mol. The van der Waals surface area contributed by atoms with Gasteiger partial charge in [-0.05, 0) is 49.6 Å². The number of nitrogens with zero attached hydrogens (tertiary/aromatic N) is 1.